The number of carbonyl (C=O) groups is 3. The summed E-state index contributed by atoms with van der Waals surface area (Å²) in [4.78, 5) is 41.4. The maximum Gasteiger partial charge on any atom is 0.273 e. The Morgan fingerprint density at radius 2 is 1.67 bits per heavy atom. The van der Waals surface area contributed by atoms with Crippen LogP contribution in [0.5, 0.6) is 0 Å². The zero-order valence-corrected chi connectivity index (χ0v) is 21.5. The summed E-state index contributed by atoms with van der Waals surface area (Å²) >= 11 is 0.807. The molecular weight excluding hydrogens is 474 g/mol. The summed E-state index contributed by atoms with van der Waals surface area (Å²) in [5, 5.41) is 3.17. The summed E-state index contributed by atoms with van der Waals surface area (Å²) in [6.07, 6.45) is 3.95. The molecular formula is C27H31N5O3S. The Hall–Kier alpha value is -3.72. The maximum atomic E-state index is 14.2. The number of carbonyl (C=O) groups excluding carboxylic acids is 3. The number of aromatic nitrogens is 1. The standard InChI is InChI=1S/C27H31N5O3S/c1-15-9-12-18(13-10-15)23(26(34)30-19-6-4-5-7-19)32(20-14-16(2)8-11-17(20)3)27(35)24-21(28)22(25(29)33)31-36-24/h8-14,19,23H,4-7,28H2,1-3H3,(H2,29,33)(H,30,34)/t23-/m0/s1. The molecule has 2 aromatic carbocycles. The smallest absolute Gasteiger partial charge is 0.273 e. The van der Waals surface area contributed by atoms with Crippen molar-refractivity contribution in [2.24, 2.45) is 5.73 Å². The van der Waals surface area contributed by atoms with Crippen molar-refractivity contribution in [1.82, 2.24) is 9.69 Å². The Kier molecular flexibility index (Phi) is 7.40. The van der Waals surface area contributed by atoms with Crippen molar-refractivity contribution in [3.8, 4) is 0 Å². The molecule has 1 aromatic heterocycles. The van der Waals surface area contributed by atoms with Gasteiger partial charge in [0, 0.05) is 11.7 Å². The highest BCUT2D eigenvalue weighted by Gasteiger charge is 2.37. The molecule has 0 saturated heterocycles. The molecule has 1 heterocycles. The van der Waals surface area contributed by atoms with E-state index >= 15 is 0 Å². The van der Waals surface area contributed by atoms with Gasteiger partial charge in [0.25, 0.3) is 11.8 Å². The molecule has 0 spiro atoms. The van der Waals surface area contributed by atoms with Gasteiger partial charge in [-0.25, -0.2) is 0 Å². The van der Waals surface area contributed by atoms with Gasteiger partial charge in [0.15, 0.2) is 5.69 Å². The molecule has 0 bridgehead atoms. The summed E-state index contributed by atoms with van der Waals surface area (Å²) in [5.41, 5.74) is 15.4. The van der Waals surface area contributed by atoms with Crippen LogP contribution in [0.25, 0.3) is 0 Å². The minimum atomic E-state index is -0.960. The summed E-state index contributed by atoms with van der Waals surface area (Å²) in [6.45, 7) is 5.78. The average Bonchev–Trinajstić information content (AvgIpc) is 3.49. The first-order valence-corrected chi connectivity index (χ1v) is 12.8. The molecule has 0 aliphatic heterocycles. The molecule has 188 valence electrons. The topological polar surface area (TPSA) is 131 Å². The van der Waals surface area contributed by atoms with E-state index in [1.807, 2.05) is 63.2 Å². The van der Waals surface area contributed by atoms with Crippen molar-refractivity contribution < 1.29 is 14.4 Å². The van der Waals surface area contributed by atoms with Gasteiger partial charge >= 0.3 is 0 Å². The van der Waals surface area contributed by atoms with Gasteiger partial charge in [-0.15, -0.1) is 0 Å². The predicted molar refractivity (Wildman–Crippen MR) is 142 cm³/mol. The van der Waals surface area contributed by atoms with Gasteiger partial charge in [-0.05, 0) is 67.9 Å². The first kappa shape index (κ1) is 25.4. The molecule has 8 nitrogen and oxygen atoms in total. The first-order valence-electron chi connectivity index (χ1n) is 12.0. The average molecular weight is 506 g/mol. The third kappa shape index (κ3) is 5.11. The number of rotatable bonds is 7. The fraction of sp³-hybridized carbons (Fsp3) is 0.333. The van der Waals surface area contributed by atoms with Gasteiger partial charge in [-0.3, -0.25) is 19.3 Å². The summed E-state index contributed by atoms with van der Waals surface area (Å²) in [6, 6.07) is 12.4. The van der Waals surface area contributed by atoms with E-state index in [1.165, 1.54) is 4.90 Å². The van der Waals surface area contributed by atoms with Gasteiger partial charge in [0.2, 0.25) is 5.91 Å². The lowest BCUT2D eigenvalue weighted by Crippen LogP contribution is -2.46. The normalized spacial score (nSPS) is 14.4. The molecule has 9 heteroatoms. The number of amides is 3. The zero-order chi connectivity index (χ0) is 26.0. The van der Waals surface area contributed by atoms with Crippen LogP contribution in [0.15, 0.2) is 42.5 Å². The van der Waals surface area contributed by atoms with Crippen LogP contribution in [0.3, 0.4) is 0 Å². The van der Waals surface area contributed by atoms with E-state index in [0.717, 1.165) is 53.9 Å². The molecule has 36 heavy (non-hydrogen) atoms. The van der Waals surface area contributed by atoms with Gasteiger partial charge in [-0.1, -0.05) is 54.8 Å². The van der Waals surface area contributed by atoms with Crippen molar-refractivity contribution in [2.45, 2.75) is 58.5 Å². The van der Waals surface area contributed by atoms with E-state index in [9.17, 15) is 14.4 Å². The van der Waals surface area contributed by atoms with E-state index in [0.29, 0.717) is 11.3 Å². The number of nitrogen functional groups attached to an aromatic ring is 1. The van der Waals surface area contributed by atoms with E-state index in [2.05, 4.69) is 9.69 Å². The number of hydrogen-bond acceptors (Lipinski definition) is 6. The van der Waals surface area contributed by atoms with Crippen molar-refractivity contribution >= 4 is 40.6 Å². The number of nitrogens with one attached hydrogen (secondary N) is 1. The number of aryl methyl sites for hydroxylation is 3. The van der Waals surface area contributed by atoms with Crippen LogP contribution in [0.1, 0.15) is 74.1 Å². The SMILES string of the molecule is Cc1ccc([C@@H](C(=O)NC2CCCC2)N(C(=O)c2snc(C(N)=O)c2N)c2cc(C)ccc2C)cc1. The van der Waals surface area contributed by atoms with Crippen LogP contribution in [0.2, 0.25) is 0 Å². The lowest BCUT2D eigenvalue weighted by Gasteiger charge is -2.33. The first-order chi connectivity index (χ1) is 17.2. The summed E-state index contributed by atoms with van der Waals surface area (Å²) in [5.74, 6) is -1.59. The lowest BCUT2D eigenvalue weighted by molar-refractivity contribution is -0.123. The minimum Gasteiger partial charge on any atom is -0.395 e. The van der Waals surface area contributed by atoms with Crippen LogP contribution in [0.4, 0.5) is 11.4 Å². The number of primary amides is 1. The molecule has 0 unspecified atom stereocenters. The minimum absolute atomic E-state index is 0.0653. The van der Waals surface area contributed by atoms with Crippen molar-refractivity contribution in [3.05, 3.63) is 75.3 Å². The molecule has 1 atom stereocenters. The molecule has 1 saturated carbocycles. The maximum absolute atomic E-state index is 14.2. The molecule has 3 amide bonds. The Morgan fingerprint density at radius 3 is 2.28 bits per heavy atom. The summed E-state index contributed by atoms with van der Waals surface area (Å²) in [7, 11) is 0. The number of nitrogens with zero attached hydrogens (tertiary/aromatic N) is 2. The van der Waals surface area contributed by atoms with E-state index < -0.39 is 17.9 Å². The third-order valence-corrected chi connectivity index (χ3v) is 7.45. The molecule has 1 aliphatic carbocycles. The molecule has 1 fully saturated rings. The Balaban J connectivity index is 1.89. The fourth-order valence-electron chi connectivity index (χ4n) is 4.60. The third-order valence-electron chi connectivity index (χ3n) is 6.60. The summed E-state index contributed by atoms with van der Waals surface area (Å²) < 4.78 is 4.02. The number of benzene rings is 2. The predicted octanol–water partition coefficient (Wildman–Crippen LogP) is 4.20. The quantitative estimate of drug-likeness (QED) is 0.443. The van der Waals surface area contributed by atoms with Crippen molar-refractivity contribution in [3.63, 3.8) is 0 Å². The molecule has 5 N–H and O–H groups in total. The molecule has 4 rings (SSSR count). The Bertz CT molecular complexity index is 1300. The van der Waals surface area contributed by atoms with E-state index in [4.69, 9.17) is 11.5 Å². The largest absolute Gasteiger partial charge is 0.395 e. The van der Waals surface area contributed by atoms with Crippen LogP contribution in [-0.2, 0) is 4.79 Å². The highest BCUT2D eigenvalue weighted by Crippen LogP contribution is 2.35. The van der Waals surface area contributed by atoms with Gasteiger partial charge in [0.1, 0.15) is 10.9 Å². The monoisotopic (exact) mass is 505 g/mol. The second-order valence-corrected chi connectivity index (χ2v) is 10.2. The van der Waals surface area contributed by atoms with Crippen molar-refractivity contribution in [1.29, 1.82) is 0 Å². The van der Waals surface area contributed by atoms with Crippen LogP contribution >= 0.6 is 11.5 Å². The highest BCUT2D eigenvalue weighted by atomic mass is 32.1. The number of hydrogen-bond donors (Lipinski definition) is 3. The Morgan fingerprint density at radius 1 is 1.03 bits per heavy atom. The molecule has 3 aromatic rings. The van der Waals surface area contributed by atoms with Crippen LogP contribution in [-0.4, -0.2) is 28.1 Å². The van der Waals surface area contributed by atoms with Gasteiger partial charge in [-0.2, -0.15) is 4.37 Å². The van der Waals surface area contributed by atoms with Crippen molar-refractivity contribution in [2.75, 3.05) is 10.6 Å². The highest BCUT2D eigenvalue weighted by molar-refractivity contribution is 7.09. The second-order valence-electron chi connectivity index (χ2n) is 9.41. The van der Waals surface area contributed by atoms with Gasteiger partial charge < -0.3 is 16.8 Å². The number of nitrogens with two attached hydrogens (primary N) is 2. The Labute approximate surface area is 214 Å². The zero-order valence-electron chi connectivity index (χ0n) is 20.7. The second kappa shape index (κ2) is 10.5. The fourth-order valence-corrected chi connectivity index (χ4v) is 5.34. The molecule has 0 radical (unpaired) electrons. The van der Waals surface area contributed by atoms with Crippen LogP contribution in [0, 0.1) is 20.8 Å². The van der Waals surface area contributed by atoms with E-state index in [1.54, 1.807) is 0 Å². The lowest BCUT2D eigenvalue weighted by atomic mass is 9.99. The molecule has 1 aliphatic rings. The van der Waals surface area contributed by atoms with Gasteiger partial charge in [0.05, 0.1) is 5.69 Å². The number of anilines is 2. The van der Waals surface area contributed by atoms with Crippen LogP contribution < -0.4 is 21.7 Å². The van der Waals surface area contributed by atoms with E-state index in [-0.39, 0.29) is 28.2 Å².